The zero-order valence-electron chi connectivity index (χ0n) is 16.0. The van der Waals surface area contributed by atoms with Gasteiger partial charge in [0.2, 0.25) is 0 Å². The maximum atomic E-state index is 14.6. The van der Waals surface area contributed by atoms with Crippen LogP contribution in [-0.2, 0) is 9.84 Å². The number of benzene rings is 2. The second-order valence-corrected chi connectivity index (χ2v) is 8.53. The molecule has 0 saturated heterocycles. The lowest BCUT2D eigenvalue weighted by molar-refractivity contribution is 0.0690. The molecule has 30 heavy (non-hydrogen) atoms. The average molecular weight is 433 g/mol. The first-order valence-electron chi connectivity index (χ1n) is 8.68. The van der Waals surface area contributed by atoms with Gasteiger partial charge in [-0.3, -0.25) is 0 Å². The first-order chi connectivity index (χ1) is 14.1. The van der Waals surface area contributed by atoms with Crippen LogP contribution in [0.5, 0.6) is 5.75 Å². The van der Waals surface area contributed by atoms with Gasteiger partial charge in [-0.15, -0.1) is 0 Å². The number of aromatic nitrogens is 1. The number of rotatable bonds is 6. The summed E-state index contributed by atoms with van der Waals surface area (Å²) in [4.78, 5) is 14.8. The van der Waals surface area contributed by atoms with Gasteiger partial charge in [-0.1, -0.05) is 0 Å². The van der Waals surface area contributed by atoms with E-state index in [1.165, 1.54) is 44.4 Å². The number of aromatic carboxylic acids is 1. The first kappa shape index (κ1) is 21.4. The highest BCUT2D eigenvalue weighted by Crippen LogP contribution is 2.38. The number of methoxy groups -OCH3 is 1. The summed E-state index contributed by atoms with van der Waals surface area (Å²) in [6.45, 7) is 1.48. The van der Waals surface area contributed by atoms with Crippen LogP contribution in [0, 0.1) is 18.6 Å². The molecule has 0 saturated carbocycles. The van der Waals surface area contributed by atoms with Crippen LogP contribution in [0.1, 0.15) is 32.4 Å². The molecule has 6 nitrogen and oxygen atoms in total. The number of halogens is 2. The number of sulfone groups is 1. The molecule has 0 fully saturated rings. The van der Waals surface area contributed by atoms with Gasteiger partial charge in [-0.25, -0.2) is 27.0 Å². The number of ether oxygens (including phenoxy) is 1. The largest absolute Gasteiger partial charge is 0.497 e. The monoisotopic (exact) mass is 433 g/mol. The quantitative estimate of drug-likeness (QED) is 0.633. The minimum atomic E-state index is -4.28. The summed E-state index contributed by atoms with van der Waals surface area (Å²) in [5, 5.41) is 7.48. The highest BCUT2D eigenvalue weighted by Gasteiger charge is 2.35. The van der Waals surface area contributed by atoms with E-state index < -0.39 is 38.3 Å². The molecule has 9 heteroatoms. The Labute approximate surface area is 171 Å². The van der Waals surface area contributed by atoms with Crippen LogP contribution in [0.2, 0.25) is 0 Å². The summed E-state index contributed by atoms with van der Waals surface area (Å²) < 4.78 is 60.6. The second kappa shape index (κ2) is 8.19. The fourth-order valence-electron chi connectivity index (χ4n) is 3.08. The number of hydrogen-bond acceptors (Lipinski definition) is 5. The van der Waals surface area contributed by atoms with Crippen molar-refractivity contribution in [2.45, 2.75) is 17.1 Å². The Morgan fingerprint density at radius 3 is 2.30 bits per heavy atom. The molecule has 0 spiro atoms. The van der Waals surface area contributed by atoms with Gasteiger partial charge in [0.05, 0.1) is 12.0 Å². The van der Waals surface area contributed by atoms with Gasteiger partial charge in [-0.2, -0.15) is 0 Å². The molecule has 0 aliphatic heterocycles. The van der Waals surface area contributed by atoms with Gasteiger partial charge >= 0.3 is 5.97 Å². The SMILES string of the molecule is COc1ccc(S(=O)(=O)C(c2cnc(C(=O)O)cc2C)c2cc(F)ccc2F)cc1. The Kier molecular flexibility index (Phi) is 5.84. The molecule has 2 aromatic carbocycles. The zero-order chi connectivity index (χ0) is 22.1. The molecule has 1 unspecified atom stereocenters. The summed E-state index contributed by atoms with van der Waals surface area (Å²) in [5.41, 5.74) is -0.399. The van der Waals surface area contributed by atoms with Gasteiger partial charge in [-0.05, 0) is 66.6 Å². The Balaban J connectivity index is 2.27. The van der Waals surface area contributed by atoms with Gasteiger partial charge in [0.25, 0.3) is 0 Å². The van der Waals surface area contributed by atoms with Crippen molar-refractivity contribution >= 4 is 15.8 Å². The third-order valence-electron chi connectivity index (χ3n) is 4.59. The smallest absolute Gasteiger partial charge is 0.354 e. The van der Waals surface area contributed by atoms with E-state index in [1.807, 2.05) is 0 Å². The van der Waals surface area contributed by atoms with Crippen molar-refractivity contribution in [3.05, 3.63) is 88.7 Å². The van der Waals surface area contributed by atoms with Crippen LogP contribution in [-0.4, -0.2) is 31.6 Å². The molecule has 1 N–H and O–H groups in total. The minimum absolute atomic E-state index is 0.0420. The van der Waals surface area contributed by atoms with Crippen LogP contribution in [0.3, 0.4) is 0 Å². The molecule has 0 amide bonds. The van der Waals surface area contributed by atoms with Crippen LogP contribution < -0.4 is 4.74 Å². The molecule has 0 radical (unpaired) electrons. The molecular weight excluding hydrogens is 416 g/mol. The molecule has 1 heterocycles. The number of hydrogen-bond donors (Lipinski definition) is 1. The average Bonchev–Trinajstić information content (AvgIpc) is 2.71. The lowest BCUT2D eigenvalue weighted by Gasteiger charge is -2.21. The standard InChI is InChI=1S/C21H17F2NO5S/c1-12-9-19(21(25)26)24-11-17(12)20(16-10-13(22)3-8-18(16)23)30(27,28)15-6-4-14(29-2)5-7-15/h3-11,20H,1-2H3,(H,25,26). The third kappa shape index (κ3) is 4.02. The number of carboxylic acid groups (broad SMARTS) is 1. The fraction of sp³-hybridized carbons (Fsp3) is 0.143. The van der Waals surface area contributed by atoms with E-state index in [-0.39, 0.29) is 21.7 Å². The summed E-state index contributed by atoms with van der Waals surface area (Å²) in [5.74, 6) is -2.60. The zero-order valence-corrected chi connectivity index (χ0v) is 16.8. The van der Waals surface area contributed by atoms with Crippen LogP contribution in [0.15, 0.2) is 59.6 Å². The predicted octanol–water partition coefficient (Wildman–Crippen LogP) is 3.94. The molecule has 3 rings (SSSR count). The van der Waals surface area contributed by atoms with Gasteiger partial charge in [0.15, 0.2) is 9.84 Å². The number of aryl methyl sites for hydroxylation is 1. The normalized spacial score (nSPS) is 12.4. The van der Waals surface area contributed by atoms with E-state index >= 15 is 0 Å². The highest BCUT2D eigenvalue weighted by atomic mass is 32.2. The summed E-state index contributed by atoms with van der Waals surface area (Å²) in [6.07, 6.45) is 1.06. The van der Waals surface area contributed by atoms with E-state index in [4.69, 9.17) is 9.84 Å². The molecule has 0 aliphatic rings. The first-order valence-corrected chi connectivity index (χ1v) is 10.2. The van der Waals surface area contributed by atoms with Crippen molar-refractivity contribution in [2.75, 3.05) is 7.11 Å². The molecule has 156 valence electrons. The molecule has 1 atom stereocenters. The van der Waals surface area contributed by atoms with E-state index in [9.17, 15) is 22.0 Å². The summed E-state index contributed by atoms with van der Waals surface area (Å²) >= 11 is 0. The van der Waals surface area contributed by atoms with Crippen LogP contribution in [0.25, 0.3) is 0 Å². The minimum Gasteiger partial charge on any atom is -0.497 e. The van der Waals surface area contributed by atoms with Gasteiger partial charge in [0.1, 0.15) is 28.3 Å². The second-order valence-electron chi connectivity index (χ2n) is 6.50. The lowest BCUT2D eigenvalue weighted by atomic mass is 10.0. The summed E-state index contributed by atoms with van der Waals surface area (Å²) in [7, 11) is -2.85. The summed E-state index contributed by atoms with van der Waals surface area (Å²) in [6, 6.07) is 9.19. The van der Waals surface area contributed by atoms with Crippen molar-refractivity contribution < 1.29 is 31.8 Å². The molecular formula is C21H17F2NO5S. The molecule has 1 aromatic heterocycles. The maximum Gasteiger partial charge on any atom is 0.354 e. The maximum absolute atomic E-state index is 14.6. The Hall–Kier alpha value is -3.33. The highest BCUT2D eigenvalue weighted by molar-refractivity contribution is 7.92. The van der Waals surface area contributed by atoms with Crippen molar-refractivity contribution in [3.63, 3.8) is 0 Å². The topological polar surface area (TPSA) is 93.6 Å². The molecule has 3 aromatic rings. The number of carbonyl (C=O) groups is 1. The van der Waals surface area contributed by atoms with Crippen molar-refractivity contribution in [3.8, 4) is 5.75 Å². The predicted molar refractivity (Wildman–Crippen MR) is 104 cm³/mol. The number of pyridine rings is 1. The van der Waals surface area contributed by atoms with Crippen LogP contribution >= 0.6 is 0 Å². The van der Waals surface area contributed by atoms with E-state index in [0.29, 0.717) is 5.75 Å². The van der Waals surface area contributed by atoms with E-state index in [0.717, 1.165) is 24.4 Å². The van der Waals surface area contributed by atoms with Gasteiger partial charge < -0.3 is 9.84 Å². The van der Waals surface area contributed by atoms with Crippen molar-refractivity contribution in [2.24, 2.45) is 0 Å². The van der Waals surface area contributed by atoms with Crippen molar-refractivity contribution in [1.29, 1.82) is 0 Å². The number of carboxylic acids is 1. The molecule has 0 aliphatic carbocycles. The van der Waals surface area contributed by atoms with Gasteiger partial charge in [0, 0.05) is 11.8 Å². The Morgan fingerprint density at radius 1 is 1.07 bits per heavy atom. The Morgan fingerprint density at radius 2 is 1.73 bits per heavy atom. The van der Waals surface area contributed by atoms with Crippen molar-refractivity contribution in [1.82, 2.24) is 4.98 Å². The fourth-order valence-corrected chi connectivity index (χ4v) is 4.96. The third-order valence-corrected chi connectivity index (χ3v) is 6.65. The van der Waals surface area contributed by atoms with Crippen LogP contribution in [0.4, 0.5) is 8.78 Å². The number of nitrogens with zero attached hydrogens (tertiary/aromatic N) is 1. The van der Waals surface area contributed by atoms with E-state index in [2.05, 4.69) is 4.98 Å². The molecule has 0 bridgehead atoms. The lowest BCUT2D eigenvalue weighted by Crippen LogP contribution is -2.19. The van der Waals surface area contributed by atoms with E-state index in [1.54, 1.807) is 0 Å². The Bertz CT molecular complexity index is 1210.